The first kappa shape index (κ1) is 13.6. The summed E-state index contributed by atoms with van der Waals surface area (Å²) in [6, 6.07) is 1.58. The molecule has 1 aromatic heterocycles. The van der Waals surface area contributed by atoms with Crippen LogP contribution in [-0.4, -0.2) is 16.3 Å². The molecule has 8 heteroatoms. The van der Waals surface area contributed by atoms with E-state index in [0.717, 1.165) is 12.4 Å². The van der Waals surface area contributed by atoms with Crippen molar-refractivity contribution in [2.75, 3.05) is 5.32 Å². The number of aromatic nitrogens is 2. The molecule has 2 rings (SSSR count). The van der Waals surface area contributed by atoms with E-state index in [-0.39, 0.29) is 27.2 Å². The number of benzene rings is 1. The van der Waals surface area contributed by atoms with E-state index in [1.54, 1.807) is 0 Å². The fourth-order valence-electron chi connectivity index (χ4n) is 1.36. The molecule has 0 unspecified atom stereocenters. The summed E-state index contributed by atoms with van der Waals surface area (Å²) in [5.74, 6) is -1.76. The predicted molar refractivity (Wildman–Crippen MR) is 67.1 cm³/mol. The largest absolute Gasteiger partial charge is 0.336 e. The van der Waals surface area contributed by atoms with Crippen LogP contribution in [0.3, 0.4) is 0 Å². The smallest absolute Gasteiger partial charge is 0.156 e. The van der Waals surface area contributed by atoms with Gasteiger partial charge in [-0.3, -0.25) is 4.79 Å². The van der Waals surface area contributed by atoms with Crippen molar-refractivity contribution in [2.24, 2.45) is 0 Å². The lowest BCUT2D eigenvalue weighted by Crippen LogP contribution is -2.03. The van der Waals surface area contributed by atoms with E-state index >= 15 is 0 Å². The number of aldehydes is 1. The van der Waals surface area contributed by atoms with Crippen molar-refractivity contribution in [3.05, 3.63) is 45.8 Å². The van der Waals surface area contributed by atoms with Gasteiger partial charge in [-0.2, -0.15) is 0 Å². The number of carbonyl (C=O) groups is 1. The summed E-state index contributed by atoms with van der Waals surface area (Å²) < 4.78 is 26.5. The highest BCUT2D eigenvalue weighted by Crippen LogP contribution is 2.30. The number of halogens is 4. The van der Waals surface area contributed by atoms with Gasteiger partial charge in [0.2, 0.25) is 0 Å². The molecule has 0 fully saturated rings. The van der Waals surface area contributed by atoms with Gasteiger partial charge in [-0.15, -0.1) is 0 Å². The van der Waals surface area contributed by atoms with Crippen molar-refractivity contribution in [1.82, 2.24) is 9.97 Å². The molecule has 19 heavy (non-hydrogen) atoms. The molecule has 4 nitrogen and oxygen atoms in total. The molecule has 0 atom stereocenters. The van der Waals surface area contributed by atoms with Crippen molar-refractivity contribution < 1.29 is 13.6 Å². The third-order valence-electron chi connectivity index (χ3n) is 2.20. The van der Waals surface area contributed by atoms with Crippen LogP contribution in [0.5, 0.6) is 0 Å². The Labute approximate surface area is 116 Å². The van der Waals surface area contributed by atoms with E-state index in [4.69, 9.17) is 23.2 Å². The molecule has 1 heterocycles. The number of rotatable bonds is 3. The Bertz CT molecular complexity index is 629. The molecular formula is C11H5Cl2F2N3O. The maximum absolute atomic E-state index is 13.6. The second-order valence-electron chi connectivity index (χ2n) is 3.41. The number of hydrogen-bond donors (Lipinski definition) is 1. The lowest BCUT2D eigenvalue weighted by molar-refractivity contribution is 0.112. The zero-order valence-corrected chi connectivity index (χ0v) is 10.6. The molecule has 2 aromatic rings. The van der Waals surface area contributed by atoms with Crippen molar-refractivity contribution in [3.63, 3.8) is 0 Å². The second-order valence-corrected chi connectivity index (χ2v) is 4.18. The second kappa shape index (κ2) is 5.46. The first-order valence-electron chi connectivity index (χ1n) is 4.90. The summed E-state index contributed by atoms with van der Waals surface area (Å²) in [4.78, 5) is 18.2. The summed E-state index contributed by atoms with van der Waals surface area (Å²) in [5.41, 5.74) is -0.259. The number of nitrogens with zero attached hydrogens (tertiary/aromatic N) is 2. The highest BCUT2D eigenvalue weighted by atomic mass is 35.5. The third-order valence-corrected chi connectivity index (χ3v) is 2.80. The molecular weight excluding hydrogens is 299 g/mol. The normalized spacial score (nSPS) is 10.3. The Morgan fingerprint density at radius 3 is 2.58 bits per heavy atom. The average Bonchev–Trinajstić information content (AvgIpc) is 2.34. The highest BCUT2D eigenvalue weighted by molar-refractivity contribution is 6.33. The first-order valence-corrected chi connectivity index (χ1v) is 5.65. The molecule has 1 aromatic carbocycles. The standard InChI is InChI=1S/C11H5Cl2F2N3O/c12-7-1-5(14)2-8(15)9(7)18-11-6(3-19)10(13)16-4-17-11/h1-4H,(H,16,17,18). The minimum Gasteiger partial charge on any atom is -0.336 e. The van der Waals surface area contributed by atoms with Crippen LogP contribution in [0.2, 0.25) is 10.2 Å². The molecule has 0 bridgehead atoms. The van der Waals surface area contributed by atoms with Gasteiger partial charge in [-0.1, -0.05) is 23.2 Å². The van der Waals surface area contributed by atoms with Crippen LogP contribution >= 0.6 is 23.2 Å². The molecule has 98 valence electrons. The van der Waals surface area contributed by atoms with E-state index in [1.807, 2.05) is 0 Å². The van der Waals surface area contributed by atoms with Crippen LogP contribution in [0, 0.1) is 11.6 Å². The lowest BCUT2D eigenvalue weighted by Gasteiger charge is -2.10. The number of anilines is 2. The summed E-state index contributed by atoms with van der Waals surface area (Å²) in [7, 11) is 0. The van der Waals surface area contributed by atoms with Crippen molar-refractivity contribution in [3.8, 4) is 0 Å². The minimum absolute atomic E-state index is 0.0255. The fraction of sp³-hybridized carbons (Fsp3) is 0. The van der Waals surface area contributed by atoms with Gasteiger partial charge in [0, 0.05) is 6.07 Å². The number of carbonyl (C=O) groups excluding carboxylic acids is 1. The van der Waals surface area contributed by atoms with Gasteiger partial charge in [0.05, 0.1) is 16.3 Å². The Hall–Kier alpha value is -1.79. The minimum atomic E-state index is -0.920. The molecule has 0 aliphatic heterocycles. The molecule has 0 spiro atoms. The van der Waals surface area contributed by atoms with Crippen LogP contribution in [0.15, 0.2) is 18.5 Å². The monoisotopic (exact) mass is 303 g/mol. The maximum atomic E-state index is 13.6. The molecule has 0 saturated carbocycles. The zero-order chi connectivity index (χ0) is 14.0. The van der Waals surface area contributed by atoms with E-state index in [0.29, 0.717) is 12.4 Å². The van der Waals surface area contributed by atoms with Crippen molar-refractivity contribution in [2.45, 2.75) is 0 Å². The topological polar surface area (TPSA) is 54.9 Å². The van der Waals surface area contributed by atoms with Crippen LogP contribution < -0.4 is 5.32 Å². The molecule has 0 aliphatic carbocycles. The summed E-state index contributed by atoms with van der Waals surface area (Å²) >= 11 is 11.4. The SMILES string of the molecule is O=Cc1c(Cl)ncnc1Nc1c(F)cc(F)cc1Cl. The molecule has 1 N–H and O–H groups in total. The van der Waals surface area contributed by atoms with Crippen LogP contribution in [0.4, 0.5) is 20.3 Å². The third kappa shape index (κ3) is 2.80. The molecule has 0 radical (unpaired) electrons. The van der Waals surface area contributed by atoms with Crippen LogP contribution in [-0.2, 0) is 0 Å². The summed E-state index contributed by atoms with van der Waals surface area (Å²) in [6.07, 6.45) is 1.51. The van der Waals surface area contributed by atoms with E-state index < -0.39 is 11.6 Å². The number of nitrogens with one attached hydrogen (secondary N) is 1. The lowest BCUT2D eigenvalue weighted by atomic mass is 10.2. The van der Waals surface area contributed by atoms with Gasteiger partial charge in [0.15, 0.2) is 12.1 Å². The maximum Gasteiger partial charge on any atom is 0.156 e. The van der Waals surface area contributed by atoms with Crippen molar-refractivity contribution in [1.29, 1.82) is 0 Å². The Balaban J connectivity index is 2.48. The molecule has 0 saturated heterocycles. The van der Waals surface area contributed by atoms with Gasteiger partial charge in [0.25, 0.3) is 0 Å². The molecule has 0 amide bonds. The Morgan fingerprint density at radius 1 is 1.21 bits per heavy atom. The van der Waals surface area contributed by atoms with Gasteiger partial charge in [-0.05, 0) is 6.07 Å². The van der Waals surface area contributed by atoms with Crippen LogP contribution in [0.1, 0.15) is 10.4 Å². The summed E-state index contributed by atoms with van der Waals surface area (Å²) in [5, 5.41) is 2.21. The van der Waals surface area contributed by atoms with Crippen LogP contribution in [0.25, 0.3) is 0 Å². The predicted octanol–water partition coefficient (Wildman–Crippen LogP) is 3.62. The van der Waals surface area contributed by atoms with Crippen molar-refractivity contribution >= 4 is 41.0 Å². The Morgan fingerprint density at radius 2 is 1.95 bits per heavy atom. The fourth-order valence-corrected chi connectivity index (χ4v) is 1.78. The van der Waals surface area contributed by atoms with E-state index in [9.17, 15) is 13.6 Å². The quantitative estimate of drug-likeness (QED) is 0.695. The summed E-state index contributed by atoms with van der Waals surface area (Å²) in [6.45, 7) is 0. The average molecular weight is 304 g/mol. The van der Waals surface area contributed by atoms with E-state index in [1.165, 1.54) is 0 Å². The van der Waals surface area contributed by atoms with Gasteiger partial charge in [0.1, 0.15) is 23.1 Å². The first-order chi connectivity index (χ1) is 9.02. The van der Waals surface area contributed by atoms with Gasteiger partial charge < -0.3 is 5.32 Å². The Kier molecular flexibility index (Phi) is 3.92. The van der Waals surface area contributed by atoms with E-state index in [2.05, 4.69) is 15.3 Å². The highest BCUT2D eigenvalue weighted by Gasteiger charge is 2.14. The zero-order valence-electron chi connectivity index (χ0n) is 9.12. The molecule has 0 aliphatic rings. The van der Waals surface area contributed by atoms with Gasteiger partial charge in [-0.25, -0.2) is 18.7 Å². The number of hydrogen-bond acceptors (Lipinski definition) is 4. The van der Waals surface area contributed by atoms with Gasteiger partial charge >= 0.3 is 0 Å².